The van der Waals surface area contributed by atoms with Crippen LogP contribution in [-0.2, 0) is 16.0 Å². The monoisotopic (exact) mass is 517 g/mol. The van der Waals surface area contributed by atoms with Crippen molar-refractivity contribution >= 4 is 35.0 Å². The molecule has 1 spiro atoms. The maximum atomic E-state index is 13.9. The van der Waals surface area contributed by atoms with Crippen LogP contribution in [0.5, 0.6) is 0 Å². The first-order valence-electron chi connectivity index (χ1n) is 14.2. The molecule has 38 heavy (non-hydrogen) atoms. The number of hydrogen-bond acceptors (Lipinski definition) is 7. The van der Waals surface area contributed by atoms with E-state index >= 15 is 0 Å². The van der Waals surface area contributed by atoms with Crippen molar-refractivity contribution in [1.29, 1.82) is 0 Å². The maximum Gasteiger partial charge on any atom is 0.244 e. The van der Waals surface area contributed by atoms with Crippen LogP contribution >= 0.6 is 0 Å². The largest absolute Gasteiger partial charge is 0.369 e. The molecule has 202 valence electrons. The fraction of sp³-hybridized carbons (Fsp3) is 0.586. The first kappa shape index (κ1) is 25.1. The molecule has 4 aliphatic rings. The van der Waals surface area contributed by atoms with Gasteiger partial charge in [-0.25, -0.2) is 4.98 Å². The molecule has 3 fully saturated rings. The summed E-state index contributed by atoms with van der Waals surface area (Å²) in [4.78, 5) is 43.0. The molecule has 2 N–H and O–H groups in total. The number of nitrogens with zero attached hydrogens (tertiary/aromatic N) is 5. The average molecular weight is 518 g/mol. The lowest BCUT2D eigenvalue weighted by Gasteiger charge is -2.40. The highest BCUT2D eigenvalue weighted by Crippen LogP contribution is 2.44. The molecule has 1 aromatic heterocycles. The van der Waals surface area contributed by atoms with E-state index in [1.807, 2.05) is 11.1 Å². The van der Waals surface area contributed by atoms with Gasteiger partial charge >= 0.3 is 0 Å². The van der Waals surface area contributed by atoms with Crippen molar-refractivity contribution in [1.82, 2.24) is 20.2 Å². The zero-order chi connectivity index (χ0) is 26.4. The second-order valence-corrected chi connectivity index (χ2v) is 11.7. The normalized spacial score (nSPS) is 24.4. The van der Waals surface area contributed by atoms with E-state index in [4.69, 9.17) is 4.98 Å². The smallest absolute Gasteiger partial charge is 0.244 e. The van der Waals surface area contributed by atoms with Gasteiger partial charge in [-0.05, 0) is 63.8 Å². The molecule has 1 aromatic carbocycles. The second-order valence-electron chi connectivity index (χ2n) is 11.7. The highest BCUT2D eigenvalue weighted by molar-refractivity contribution is 6.14. The number of anilines is 4. The third-order valence-electron chi connectivity index (χ3n) is 9.02. The Morgan fingerprint density at radius 2 is 1.87 bits per heavy atom. The summed E-state index contributed by atoms with van der Waals surface area (Å²) < 4.78 is 0. The number of aromatic nitrogens is 2. The Kier molecular flexibility index (Phi) is 6.50. The van der Waals surface area contributed by atoms with Gasteiger partial charge in [-0.15, -0.1) is 0 Å². The minimum Gasteiger partial charge on any atom is -0.369 e. The molecule has 6 rings (SSSR count). The van der Waals surface area contributed by atoms with E-state index in [2.05, 4.69) is 64.4 Å². The standard InChI is InChI=1S/C29H39N7O2/c1-19(2)34-12-14-35(15-13-34)23-8-9-24(20(3)16-23)32-28-31-18-21-17-29(10-11-30-26(29)37)27(38)36(25(21)33-28)22-6-4-5-7-22/h8-9,16,18-19,22H,4-7,10-15,17H2,1-3H3,(H,30,37)(H,31,32,33)/t29-/m1/s1. The fourth-order valence-corrected chi connectivity index (χ4v) is 6.67. The molecule has 2 aromatic rings. The molecule has 0 unspecified atom stereocenters. The zero-order valence-electron chi connectivity index (χ0n) is 22.8. The van der Waals surface area contributed by atoms with Gasteiger partial charge < -0.3 is 15.5 Å². The number of rotatable bonds is 5. The van der Waals surface area contributed by atoms with E-state index in [1.54, 1.807) is 0 Å². The topological polar surface area (TPSA) is 93.7 Å². The summed E-state index contributed by atoms with van der Waals surface area (Å²) in [6.45, 7) is 11.4. The molecule has 1 saturated carbocycles. The minimum absolute atomic E-state index is 0.0883. The molecule has 0 bridgehead atoms. The number of fused-ring (bicyclic) bond motifs is 1. The number of piperazine rings is 1. The Hall–Kier alpha value is -3.20. The van der Waals surface area contributed by atoms with Gasteiger partial charge in [-0.2, -0.15) is 4.98 Å². The molecule has 2 amide bonds. The first-order valence-corrected chi connectivity index (χ1v) is 14.2. The Bertz CT molecular complexity index is 1230. The van der Waals surface area contributed by atoms with Crippen LogP contribution < -0.4 is 20.4 Å². The van der Waals surface area contributed by atoms with Gasteiger partial charge in [0, 0.05) is 74.4 Å². The van der Waals surface area contributed by atoms with Crippen molar-refractivity contribution in [2.45, 2.75) is 71.4 Å². The lowest BCUT2D eigenvalue weighted by Crippen LogP contribution is -2.56. The van der Waals surface area contributed by atoms with Gasteiger partial charge in [-0.3, -0.25) is 19.4 Å². The quantitative estimate of drug-likeness (QED) is 0.587. The van der Waals surface area contributed by atoms with Gasteiger partial charge in [0.25, 0.3) is 0 Å². The van der Waals surface area contributed by atoms with Gasteiger partial charge in [0.05, 0.1) is 0 Å². The van der Waals surface area contributed by atoms with Crippen molar-refractivity contribution in [3.05, 3.63) is 35.5 Å². The number of benzene rings is 1. The lowest BCUT2D eigenvalue weighted by molar-refractivity contribution is -0.140. The van der Waals surface area contributed by atoms with E-state index in [-0.39, 0.29) is 17.9 Å². The Balaban J connectivity index is 1.24. The van der Waals surface area contributed by atoms with E-state index in [0.29, 0.717) is 37.2 Å². The summed E-state index contributed by atoms with van der Waals surface area (Å²) in [5.41, 5.74) is 3.19. The molecule has 3 aliphatic heterocycles. The molecular weight excluding hydrogens is 478 g/mol. The van der Waals surface area contributed by atoms with E-state index < -0.39 is 5.41 Å². The number of hydrogen-bond donors (Lipinski definition) is 2. The first-order chi connectivity index (χ1) is 18.4. The molecule has 9 heteroatoms. The van der Waals surface area contributed by atoms with Crippen LogP contribution in [0, 0.1) is 12.3 Å². The minimum atomic E-state index is -1.01. The summed E-state index contributed by atoms with van der Waals surface area (Å²) in [7, 11) is 0. The van der Waals surface area contributed by atoms with Crippen LogP contribution in [0.1, 0.15) is 57.1 Å². The van der Waals surface area contributed by atoms with Gasteiger partial charge in [0.15, 0.2) is 0 Å². The van der Waals surface area contributed by atoms with E-state index in [9.17, 15) is 9.59 Å². The highest BCUT2D eigenvalue weighted by Gasteiger charge is 2.56. The summed E-state index contributed by atoms with van der Waals surface area (Å²) >= 11 is 0. The SMILES string of the molecule is Cc1cc(N2CCN(C(C)C)CC2)ccc1Nc1ncc2c(n1)N(C1CCCC1)C(=O)[C@]1(CCNC1=O)C2. The average Bonchev–Trinajstić information content (AvgIpc) is 3.57. The molecule has 1 atom stereocenters. The number of amides is 2. The number of carbonyl (C=O) groups is 2. The van der Waals surface area contributed by atoms with Crippen LogP contribution in [0.2, 0.25) is 0 Å². The van der Waals surface area contributed by atoms with Gasteiger partial charge in [0.2, 0.25) is 17.8 Å². The van der Waals surface area contributed by atoms with Crippen LogP contribution in [0.3, 0.4) is 0 Å². The third kappa shape index (κ3) is 4.30. The molecule has 2 saturated heterocycles. The van der Waals surface area contributed by atoms with Crippen LogP contribution in [0.4, 0.5) is 23.1 Å². The summed E-state index contributed by atoms with van der Waals surface area (Å²) in [5.74, 6) is 0.907. The van der Waals surface area contributed by atoms with Crippen molar-refractivity contribution < 1.29 is 9.59 Å². The van der Waals surface area contributed by atoms with Gasteiger partial charge in [0.1, 0.15) is 11.2 Å². The highest BCUT2D eigenvalue weighted by atomic mass is 16.2. The molecule has 1 aliphatic carbocycles. The summed E-state index contributed by atoms with van der Waals surface area (Å²) in [5, 5.41) is 6.30. The van der Waals surface area contributed by atoms with Crippen LogP contribution in [0.15, 0.2) is 24.4 Å². The van der Waals surface area contributed by atoms with E-state index in [1.165, 1.54) is 5.69 Å². The Morgan fingerprint density at radius 1 is 1.11 bits per heavy atom. The molecule has 0 radical (unpaired) electrons. The third-order valence-corrected chi connectivity index (χ3v) is 9.02. The van der Waals surface area contributed by atoms with Crippen molar-refractivity contribution in [3.63, 3.8) is 0 Å². The predicted octanol–water partition coefficient (Wildman–Crippen LogP) is 3.40. The molecule has 9 nitrogen and oxygen atoms in total. The lowest BCUT2D eigenvalue weighted by atomic mass is 9.76. The fourth-order valence-electron chi connectivity index (χ4n) is 6.67. The van der Waals surface area contributed by atoms with Crippen molar-refractivity contribution in [2.24, 2.45) is 5.41 Å². The number of aryl methyl sites for hydroxylation is 1. The number of carbonyl (C=O) groups excluding carboxylic acids is 2. The van der Waals surface area contributed by atoms with Crippen LogP contribution in [-0.4, -0.2) is 71.5 Å². The second kappa shape index (κ2) is 9.84. The molecule has 4 heterocycles. The maximum absolute atomic E-state index is 13.9. The van der Waals surface area contributed by atoms with E-state index in [0.717, 1.165) is 68.7 Å². The predicted molar refractivity (Wildman–Crippen MR) is 149 cm³/mol. The Labute approximate surface area is 225 Å². The molecular formula is C29H39N7O2. The summed E-state index contributed by atoms with van der Waals surface area (Å²) in [6.07, 6.45) is 6.79. The van der Waals surface area contributed by atoms with Crippen molar-refractivity contribution in [2.75, 3.05) is 47.8 Å². The van der Waals surface area contributed by atoms with Crippen molar-refractivity contribution in [3.8, 4) is 0 Å². The number of nitrogens with one attached hydrogen (secondary N) is 2. The van der Waals surface area contributed by atoms with Gasteiger partial charge in [-0.1, -0.05) is 12.8 Å². The Morgan fingerprint density at radius 3 is 2.53 bits per heavy atom. The van der Waals surface area contributed by atoms with Crippen LogP contribution in [0.25, 0.3) is 0 Å². The summed E-state index contributed by atoms with van der Waals surface area (Å²) in [6, 6.07) is 7.16. The zero-order valence-corrected chi connectivity index (χ0v) is 22.8.